The van der Waals surface area contributed by atoms with E-state index in [9.17, 15) is 9.90 Å². The fourth-order valence-corrected chi connectivity index (χ4v) is 2.34. The lowest BCUT2D eigenvalue weighted by Gasteiger charge is -2.22. The van der Waals surface area contributed by atoms with Crippen LogP contribution in [0, 0.1) is 0 Å². The number of hydrogen-bond acceptors (Lipinski definition) is 3. The summed E-state index contributed by atoms with van der Waals surface area (Å²) in [5, 5.41) is 13.1. The fourth-order valence-electron chi connectivity index (χ4n) is 2.17. The van der Waals surface area contributed by atoms with E-state index in [0.717, 1.165) is 5.69 Å². The minimum absolute atomic E-state index is 0.173. The zero-order valence-corrected chi connectivity index (χ0v) is 13.8. The number of aliphatic hydroxyl groups is 1. The van der Waals surface area contributed by atoms with Crippen LogP contribution in [0.3, 0.4) is 0 Å². The summed E-state index contributed by atoms with van der Waals surface area (Å²) in [5.74, 6) is 0. The van der Waals surface area contributed by atoms with Gasteiger partial charge in [0.2, 0.25) is 0 Å². The topological polar surface area (TPSA) is 66.7 Å². The van der Waals surface area contributed by atoms with E-state index < -0.39 is 6.10 Å². The van der Waals surface area contributed by atoms with Crippen LogP contribution < -0.4 is 5.32 Å². The van der Waals surface area contributed by atoms with Crippen LogP contribution >= 0.6 is 11.6 Å². The molecule has 2 N–H and O–H groups in total. The van der Waals surface area contributed by atoms with Gasteiger partial charge in [0.15, 0.2) is 0 Å². The van der Waals surface area contributed by atoms with Gasteiger partial charge in [-0.25, -0.2) is 4.79 Å². The number of aliphatic hydroxyl groups excluding tert-OH is 1. The van der Waals surface area contributed by atoms with Crippen molar-refractivity contribution in [3.8, 4) is 5.69 Å². The van der Waals surface area contributed by atoms with Gasteiger partial charge in [-0.05, 0) is 30.3 Å². The molecule has 0 saturated heterocycles. The fraction of sp³-hybridized carbons (Fsp3) is 0.312. The quantitative estimate of drug-likeness (QED) is 0.851. The molecule has 0 spiro atoms. The first kappa shape index (κ1) is 17.3. The van der Waals surface area contributed by atoms with Crippen LogP contribution in [-0.2, 0) is 4.74 Å². The molecule has 2 rings (SSSR count). The maximum absolute atomic E-state index is 12.3. The molecule has 0 aliphatic carbocycles. The Hall–Kier alpha value is -2.02. The van der Waals surface area contributed by atoms with Crippen molar-refractivity contribution in [1.82, 2.24) is 9.47 Å². The van der Waals surface area contributed by atoms with Gasteiger partial charge in [0, 0.05) is 31.6 Å². The van der Waals surface area contributed by atoms with Gasteiger partial charge in [-0.3, -0.25) is 0 Å². The molecule has 1 atom stereocenters. The standard InChI is InChI=1S/C16H20ClN3O3/c1-19(10-13(21)11-23-2)16(22)18-14-6-5-12(17)9-15(14)20-7-3-4-8-20/h3-9,13,21H,10-11H2,1-2H3,(H,18,22). The molecular formula is C16H20ClN3O3. The van der Waals surface area contributed by atoms with Crippen molar-refractivity contribution in [2.24, 2.45) is 0 Å². The molecule has 6 nitrogen and oxygen atoms in total. The van der Waals surface area contributed by atoms with Gasteiger partial charge in [0.25, 0.3) is 0 Å². The normalized spacial score (nSPS) is 12.0. The third kappa shape index (κ3) is 4.72. The molecule has 0 aliphatic heterocycles. The van der Waals surface area contributed by atoms with Gasteiger partial charge in [-0.15, -0.1) is 0 Å². The van der Waals surface area contributed by atoms with Crippen molar-refractivity contribution in [2.75, 3.05) is 32.6 Å². The van der Waals surface area contributed by atoms with Crippen molar-refractivity contribution in [1.29, 1.82) is 0 Å². The third-order valence-corrected chi connectivity index (χ3v) is 3.51. The van der Waals surface area contributed by atoms with E-state index in [4.69, 9.17) is 16.3 Å². The molecule has 1 aromatic carbocycles. The second-order valence-corrected chi connectivity index (χ2v) is 5.61. The first-order valence-electron chi connectivity index (χ1n) is 7.13. The van der Waals surface area contributed by atoms with Crippen LogP contribution in [0.15, 0.2) is 42.7 Å². The summed E-state index contributed by atoms with van der Waals surface area (Å²) in [6, 6.07) is 8.69. The maximum atomic E-state index is 12.3. The lowest BCUT2D eigenvalue weighted by atomic mass is 10.2. The number of urea groups is 1. The molecule has 0 aliphatic rings. The maximum Gasteiger partial charge on any atom is 0.321 e. The largest absolute Gasteiger partial charge is 0.389 e. The Morgan fingerprint density at radius 3 is 2.78 bits per heavy atom. The van der Waals surface area contributed by atoms with Crippen LogP contribution in [0.2, 0.25) is 5.02 Å². The van der Waals surface area contributed by atoms with Crippen molar-refractivity contribution in [3.05, 3.63) is 47.7 Å². The van der Waals surface area contributed by atoms with Crippen molar-refractivity contribution in [3.63, 3.8) is 0 Å². The summed E-state index contributed by atoms with van der Waals surface area (Å²) in [7, 11) is 3.11. The Morgan fingerprint density at radius 1 is 1.43 bits per heavy atom. The summed E-state index contributed by atoms with van der Waals surface area (Å²) in [5.41, 5.74) is 1.39. The van der Waals surface area contributed by atoms with E-state index in [-0.39, 0.29) is 19.2 Å². The van der Waals surface area contributed by atoms with Gasteiger partial charge >= 0.3 is 6.03 Å². The van der Waals surface area contributed by atoms with Gasteiger partial charge in [-0.2, -0.15) is 0 Å². The summed E-state index contributed by atoms with van der Waals surface area (Å²) >= 11 is 6.05. The number of benzene rings is 1. The number of methoxy groups -OCH3 is 1. The molecule has 7 heteroatoms. The highest BCUT2D eigenvalue weighted by Gasteiger charge is 2.15. The molecule has 124 valence electrons. The van der Waals surface area contributed by atoms with Crippen molar-refractivity contribution in [2.45, 2.75) is 6.10 Å². The molecule has 2 aromatic rings. The number of rotatable bonds is 6. The number of ether oxygens (including phenoxy) is 1. The number of nitrogens with zero attached hydrogens (tertiary/aromatic N) is 2. The number of carbonyl (C=O) groups excluding carboxylic acids is 1. The molecule has 1 heterocycles. The molecule has 0 saturated carbocycles. The summed E-state index contributed by atoms with van der Waals surface area (Å²) in [4.78, 5) is 13.7. The summed E-state index contributed by atoms with van der Waals surface area (Å²) in [6.07, 6.45) is 3.01. The number of carbonyl (C=O) groups is 1. The molecule has 23 heavy (non-hydrogen) atoms. The third-order valence-electron chi connectivity index (χ3n) is 3.27. The van der Waals surface area contributed by atoms with Crippen molar-refractivity contribution < 1.29 is 14.6 Å². The van der Waals surface area contributed by atoms with Crippen LogP contribution in [0.5, 0.6) is 0 Å². The first-order valence-corrected chi connectivity index (χ1v) is 7.51. The Balaban J connectivity index is 2.12. The van der Waals surface area contributed by atoms with Gasteiger partial charge in [-0.1, -0.05) is 11.6 Å². The Bertz CT molecular complexity index is 646. The predicted molar refractivity (Wildman–Crippen MR) is 90.3 cm³/mol. The minimum atomic E-state index is -0.732. The van der Waals surface area contributed by atoms with E-state index in [2.05, 4.69) is 5.32 Å². The summed E-state index contributed by atoms with van der Waals surface area (Å²) < 4.78 is 6.72. The lowest BCUT2D eigenvalue weighted by molar-refractivity contribution is 0.0501. The first-order chi connectivity index (χ1) is 11.0. The average Bonchev–Trinajstić information content (AvgIpc) is 3.03. The highest BCUT2D eigenvalue weighted by molar-refractivity contribution is 6.30. The Labute approximate surface area is 140 Å². The molecule has 1 aromatic heterocycles. The Morgan fingerprint density at radius 2 is 2.13 bits per heavy atom. The highest BCUT2D eigenvalue weighted by Crippen LogP contribution is 2.25. The monoisotopic (exact) mass is 337 g/mol. The highest BCUT2D eigenvalue weighted by atomic mass is 35.5. The minimum Gasteiger partial charge on any atom is -0.389 e. The Kier molecular flexibility index (Phi) is 6.04. The number of halogens is 1. The SMILES string of the molecule is COCC(O)CN(C)C(=O)Nc1ccc(Cl)cc1-n1cccc1. The van der Waals surface area contributed by atoms with E-state index in [1.165, 1.54) is 12.0 Å². The second kappa shape index (κ2) is 8.01. The van der Waals surface area contributed by atoms with Gasteiger partial charge in [0.1, 0.15) is 0 Å². The number of amides is 2. The molecule has 0 radical (unpaired) electrons. The van der Waals surface area contributed by atoms with Crippen LogP contribution in [0.25, 0.3) is 5.69 Å². The number of nitrogens with one attached hydrogen (secondary N) is 1. The van der Waals surface area contributed by atoms with Crippen molar-refractivity contribution >= 4 is 23.3 Å². The number of aromatic nitrogens is 1. The molecule has 0 fully saturated rings. The van der Waals surface area contributed by atoms with Crippen LogP contribution in [-0.4, -0.2) is 54.0 Å². The molecule has 1 unspecified atom stereocenters. The lowest BCUT2D eigenvalue weighted by Crippen LogP contribution is -2.38. The summed E-state index contributed by atoms with van der Waals surface area (Å²) in [6.45, 7) is 0.347. The predicted octanol–water partition coefficient (Wildman–Crippen LogP) is 2.60. The number of hydrogen-bond donors (Lipinski definition) is 2. The van der Waals surface area contributed by atoms with Gasteiger partial charge in [0.05, 0.1) is 30.6 Å². The average molecular weight is 338 g/mol. The van der Waals surface area contributed by atoms with Crippen LogP contribution in [0.1, 0.15) is 0 Å². The van der Waals surface area contributed by atoms with E-state index >= 15 is 0 Å². The number of anilines is 1. The van der Waals surface area contributed by atoms with E-state index in [1.807, 2.05) is 29.1 Å². The van der Waals surface area contributed by atoms with E-state index in [1.54, 1.807) is 25.2 Å². The zero-order valence-electron chi connectivity index (χ0n) is 13.1. The molecule has 0 bridgehead atoms. The van der Waals surface area contributed by atoms with Gasteiger partial charge < -0.3 is 24.6 Å². The van der Waals surface area contributed by atoms with Crippen LogP contribution in [0.4, 0.5) is 10.5 Å². The molecule has 2 amide bonds. The van der Waals surface area contributed by atoms with E-state index in [0.29, 0.717) is 10.7 Å². The zero-order chi connectivity index (χ0) is 16.8. The smallest absolute Gasteiger partial charge is 0.321 e. The second-order valence-electron chi connectivity index (χ2n) is 5.17. The molecular weight excluding hydrogens is 318 g/mol. The number of likely N-dealkylation sites (N-methyl/N-ethyl adjacent to an activating group) is 1.